The highest BCUT2D eigenvalue weighted by atomic mass is 15.0. The van der Waals surface area contributed by atoms with Crippen molar-refractivity contribution in [3.63, 3.8) is 0 Å². The smallest absolute Gasteiger partial charge is 0.102 e. The SMILES string of the molecule is N=NCc1ccc(C2CCC2)cn1. The van der Waals surface area contributed by atoms with E-state index in [0.29, 0.717) is 6.54 Å². The fraction of sp³-hybridized carbons (Fsp3) is 0.500. The molecule has 1 saturated carbocycles. The number of rotatable bonds is 3. The number of aromatic nitrogens is 1. The summed E-state index contributed by atoms with van der Waals surface area (Å²) in [6.45, 7) is 0.408. The number of hydrogen-bond acceptors (Lipinski definition) is 3. The molecule has 1 aliphatic carbocycles. The van der Waals surface area contributed by atoms with Crippen LogP contribution in [-0.4, -0.2) is 4.98 Å². The number of nitrogens with zero attached hydrogens (tertiary/aromatic N) is 2. The van der Waals surface area contributed by atoms with Crippen LogP contribution in [0.1, 0.15) is 36.4 Å². The van der Waals surface area contributed by atoms with Crippen molar-refractivity contribution < 1.29 is 0 Å². The molecule has 0 aromatic carbocycles. The third-order valence-electron chi connectivity index (χ3n) is 2.67. The molecule has 1 N–H and O–H groups in total. The van der Waals surface area contributed by atoms with Crippen LogP contribution in [0.5, 0.6) is 0 Å². The van der Waals surface area contributed by atoms with Crippen LogP contribution in [0, 0.1) is 5.53 Å². The van der Waals surface area contributed by atoms with Gasteiger partial charge in [0.25, 0.3) is 0 Å². The van der Waals surface area contributed by atoms with E-state index in [4.69, 9.17) is 5.53 Å². The first kappa shape index (κ1) is 8.35. The minimum Gasteiger partial charge on any atom is -0.259 e. The molecule has 0 radical (unpaired) electrons. The average Bonchev–Trinajstić information content (AvgIpc) is 2.06. The summed E-state index contributed by atoms with van der Waals surface area (Å²) in [5.74, 6) is 0.745. The predicted molar refractivity (Wildman–Crippen MR) is 49.7 cm³/mol. The molecule has 3 nitrogen and oxygen atoms in total. The molecule has 1 aromatic heterocycles. The highest BCUT2D eigenvalue weighted by Gasteiger charge is 2.19. The van der Waals surface area contributed by atoms with E-state index in [0.717, 1.165) is 11.6 Å². The molecule has 1 heterocycles. The second-order valence-corrected chi connectivity index (χ2v) is 3.53. The largest absolute Gasteiger partial charge is 0.259 e. The van der Waals surface area contributed by atoms with E-state index in [1.807, 2.05) is 12.3 Å². The van der Waals surface area contributed by atoms with Crippen molar-refractivity contribution in [3.8, 4) is 0 Å². The first-order chi connectivity index (χ1) is 6.40. The Labute approximate surface area is 77.7 Å². The molecule has 0 aliphatic heterocycles. The van der Waals surface area contributed by atoms with E-state index in [2.05, 4.69) is 16.2 Å². The van der Waals surface area contributed by atoms with Crippen LogP contribution in [0.15, 0.2) is 23.4 Å². The van der Waals surface area contributed by atoms with Crippen molar-refractivity contribution in [2.45, 2.75) is 31.7 Å². The third-order valence-corrected chi connectivity index (χ3v) is 2.67. The summed E-state index contributed by atoms with van der Waals surface area (Å²) in [6.07, 6.45) is 5.91. The normalized spacial score (nSPS) is 16.6. The Balaban J connectivity index is 2.08. The van der Waals surface area contributed by atoms with Crippen molar-refractivity contribution in [2.24, 2.45) is 5.11 Å². The fourth-order valence-corrected chi connectivity index (χ4v) is 1.59. The van der Waals surface area contributed by atoms with Crippen molar-refractivity contribution in [2.75, 3.05) is 0 Å². The molecule has 1 aliphatic rings. The summed E-state index contributed by atoms with van der Waals surface area (Å²) in [7, 11) is 0. The van der Waals surface area contributed by atoms with Gasteiger partial charge in [-0.2, -0.15) is 5.11 Å². The quantitative estimate of drug-likeness (QED) is 0.705. The molecule has 2 rings (SSSR count). The summed E-state index contributed by atoms with van der Waals surface area (Å²) in [5, 5.41) is 3.30. The molecule has 0 unspecified atom stereocenters. The van der Waals surface area contributed by atoms with Crippen LogP contribution in [-0.2, 0) is 6.54 Å². The van der Waals surface area contributed by atoms with Gasteiger partial charge in [0.1, 0.15) is 6.54 Å². The highest BCUT2D eigenvalue weighted by Crippen LogP contribution is 2.35. The van der Waals surface area contributed by atoms with E-state index in [1.54, 1.807) is 0 Å². The molecule has 3 heteroatoms. The van der Waals surface area contributed by atoms with Crippen LogP contribution in [0.25, 0.3) is 0 Å². The molecule has 1 aromatic rings. The zero-order chi connectivity index (χ0) is 9.10. The Morgan fingerprint density at radius 2 is 2.31 bits per heavy atom. The minimum absolute atomic E-state index is 0.408. The van der Waals surface area contributed by atoms with Gasteiger partial charge < -0.3 is 0 Å². The predicted octanol–water partition coefficient (Wildman–Crippen LogP) is 2.88. The van der Waals surface area contributed by atoms with E-state index in [-0.39, 0.29) is 0 Å². The molecule has 13 heavy (non-hydrogen) atoms. The summed E-state index contributed by atoms with van der Waals surface area (Å²) in [6, 6.07) is 4.10. The number of hydrogen-bond donors (Lipinski definition) is 1. The van der Waals surface area contributed by atoms with Crippen molar-refractivity contribution in [1.82, 2.24) is 4.98 Å². The van der Waals surface area contributed by atoms with Gasteiger partial charge in [0.05, 0.1) is 5.69 Å². The maximum Gasteiger partial charge on any atom is 0.102 e. The van der Waals surface area contributed by atoms with Crippen LogP contribution in [0.4, 0.5) is 0 Å². The molecule has 0 saturated heterocycles. The van der Waals surface area contributed by atoms with Gasteiger partial charge in [0.2, 0.25) is 0 Å². The second-order valence-electron chi connectivity index (χ2n) is 3.53. The van der Waals surface area contributed by atoms with Gasteiger partial charge in [-0.1, -0.05) is 12.5 Å². The van der Waals surface area contributed by atoms with Gasteiger partial charge in [0.15, 0.2) is 0 Å². The van der Waals surface area contributed by atoms with Gasteiger partial charge in [0, 0.05) is 6.20 Å². The summed E-state index contributed by atoms with van der Waals surface area (Å²) in [5.41, 5.74) is 8.94. The van der Waals surface area contributed by atoms with E-state index in [9.17, 15) is 0 Å². The third kappa shape index (κ3) is 1.74. The van der Waals surface area contributed by atoms with E-state index >= 15 is 0 Å². The van der Waals surface area contributed by atoms with Gasteiger partial charge >= 0.3 is 0 Å². The monoisotopic (exact) mass is 175 g/mol. The number of nitrogens with one attached hydrogen (secondary N) is 1. The van der Waals surface area contributed by atoms with Gasteiger partial charge in [-0.05, 0) is 30.4 Å². The van der Waals surface area contributed by atoms with E-state index < -0.39 is 0 Å². The maximum atomic E-state index is 6.71. The molecule has 1 fully saturated rings. The zero-order valence-corrected chi connectivity index (χ0v) is 7.53. The lowest BCUT2D eigenvalue weighted by Gasteiger charge is -2.25. The minimum atomic E-state index is 0.408. The Kier molecular flexibility index (Phi) is 2.34. The van der Waals surface area contributed by atoms with Crippen molar-refractivity contribution in [1.29, 1.82) is 5.53 Å². The second kappa shape index (κ2) is 3.64. The van der Waals surface area contributed by atoms with Gasteiger partial charge in [-0.25, -0.2) is 5.53 Å². The lowest BCUT2D eigenvalue weighted by atomic mass is 9.81. The van der Waals surface area contributed by atoms with Crippen molar-refractivity contribution in [3.05, 3.63) is 29.6 Å². The molecule has 0 atom stereocenters. The summed E-state index contributed by atoms with van der Waals surface area (Å²) >= 11 is 0. The van der Waals surface area contributed by atoms with E-state index in [1.165, 1.54) is 24.8 Å². The average molecular weight is 175 g/mol. The Morgan fingerprint density at radius 3 is 2.77 bits per heavy atom. The van der Waals surface area contributed by atoms with Crippen LogP contribution < -0.4 is 0 Å². The highest BCUT2D eigenvalue weighted by molar-refractivity contribution is 5.20. The van der Waals surface area contributed by atoms with Crippen molar-refractivity contribution >= 4 is 0 Å². The molecule has 0 amide bonds. The summed E-state index contributed by atoms with van der Waals surface area (Å²) < 4.78 is 0. The molecular weight excluding hydrogens is 162 g/mol. The molecule has 0 bridgehead atoms. The van der Waals surface area contributed by atoms with Crippen LogP contribution >= 0.6 is 0 Å². The Morgan fingerprint density at radius 1 is 1.46 bits per heavy atom. The van der Waals surface area contributed by atoms with Crippen LogP contribution in [0.2, 0.25) is 0 Å². The topological polar surface area (TPSA) is 49.1 Å². The maximum absolute atomic E-state index is 6.71. The summed E-state index contributed by atoms with van der Waals surface area (Å²) in [4.78, 5) is 4.26. The Hall–Kier alpha value is -1.25. The van der Waals surface area contributed by atoms with Gasteiger partial charge in [-0.3, -0.25) is 4.98 Å². The standard InChI is InChI=1S/C10H13N3/c11-13-7-10-5-4-9(6-12-10)8-2-1-3-8/h4-6,8,11H,1-3,7H2. The van der Waals surface area contributed by atoms with Crippen LogP contribution in [0.3, 0.4) is 0 Å². The first-order valence-corrected chi connectivity index (χ1v) is 4.68. The zero-order valence-electron chi connectivity index (χ0n) is 7.53. The lowest BCUT2D eigenvalue weighted by Crippen LogP contribution is -2.09. The number of pyridine rings is 1. The molecule has 68 valence electrons. The van der Waals surface area contributed by atoms with Gasteiger partial charge in [-0.15, -0.1) is 0 Å². The molecular formula is C10H13N3. The lowest BCUT2D eigenvalue weighted by molar-refractivity contribution is 0.418. The first-order valence-electron chi connectivity index (χ1n) is 4.68. The fourth-order valence-electron chi connectivity index (χ4n) is 1.59. The molecule has 0 spiro atoms. The Bertz CT molecular complexity index is 288.